The van der Waals surface area contributed by atoms with E-state index in [1.165, 1.54) is 6.42 Å². The van der Waals surface area contributed by atoms with Gasteiger partial charge in [-0.1, -0.05) is 45.5 Å². The van der Waals surface area contributed by atoms with Gasteiger partial charge in [0.1, 0.15) is 6.29 Å². The monoisotopic (exact) mass is 306 g/mol. The van der Waals surface area contributed by atoms with Crippen LogP contribution < -0.4 is 0 Å². The fourth-order valence-electron chi connectivity index (χ4n) is 5.04. The molecule has 0 aliphatic heterocycles. The maximum absolute atomic E-state index is 13.4. The second kappa shape index (κ2) is 5.49. The quantitative estimate of drug-likeness (QED) is 0.328. The first-order valence-corrected chi connectivity index (χ1v) is 11.9. The van der Waals surface area contributed by atoms with Gasteiger partial charge in [-0.25, -0.2) is 0 Å². The summed E-state index contributed by atoms with van der Waals surface area (Å²) in [7, 11) is -1.67. The standard InChI is InChI=1S/C18H30O2Si/c1-6-15(21(3,4)5)18(13-19)12-10-14-9-7-8-11-17(14,2)16(18)20/h6,13-15H,1,7-12H2,2-5H3/t14-,15+,17+,18+/m0/s1. The van der Waals surface area contributed by atoms with Crippen molar-refractivity contribution >= 4 is 20.1 Å². The van der Waals surface area contributed by atoms with Gasteiger partial charge in [0.05, 0.1) is 13.5 Å². The summed E-state index contributed by atoms with van der Waals surface area (Å²) < 4.78 is 0. The van der Waals surface area contributed by atoms with E-state index in [9.17, 15) is 9.59 Å². The molecule has 0 bridgehead atoms. The maximum atomic E-state index is 13.4. The van der Waals surface area contributed by atoms with E-state index in [1.807, 2.05) is 6.08 Å². The van der Waals surface area contributed by atoms with Crippen LogP contribution in [0.3, 0.4) is 0 Å². The van der Waals surface area contributed by atoms with Crippen molar-refractivity contribution in [3.8, 4) is 0 Å². The third-order valence-corrected chi connectivity index (χ3v) is 8.80. The van der Waals surface area contributed by atoms with Crippen LogP contribution in [0.1, 0.15) is 45.4 Å². The molecule has 118 valence electrons. The third-order valence-electron chi connectivity index (χ3n) is 6.18. The van der Waals surface area contributed by atoms with Gasteiger partial charge >= 0.3 is 0 Å². The Labute approximate surface area is 130 Å². The molecule has 3 heteroatoms. The fraction of sp³-hybridized carbons (Fsp3) is 0.778. The zero-order valence-corrected chi connectivity index (χ0v) is 15.1. The highest BCUT2D eigenvalue weighted by atomic mass is 28.3. The first-order chi connectivity index (χ1) is 9.72. The van der Waals surface area contributed by atoms with Crippen molar-refractivity contribution in [2.75, 3.05) is 0 Å². The number of carbonyl (C=O) groups is 2. The van der Waals surface area contributed by atoms with Crippen LogP contribution in [0.15, 0.2) is 12.7 Å². The molecule has 0 saturated heterocycles. The van der Waals surface area contributed by atoms with Crippen molar-refractivity contribution in [1.82, 2.24) is 0 Å². The van der Waals surface area contributed by atoms with Crippen LogP contribution in [-0.4, -0.2) is 20.1 Å². The molecule has 2 rings (SSSR count). The minimum atomic E-state index is -1.67. The molecule has 0 aromatic heterocycles. The summed E-state index contributed by atoms with van der Waals surface area (Å²) in [6.07, 6.45) is 9.14. The van der Waals surface area contributed by atoms with Gasteiger partial charge in [-0.05, 0) is 37.1 Å². The van der Waals surface area contributed by atoms with E-state index in [0.717, 1.165) is 38.4 Å². The molecular weight excluding hydrogens is 276 g/mol. The third kappa shape index (κ3) is 2.48. The van der Waals surface area contributed by atoms with E-state index in [-0.39, 0.29) is 16.7 Å². The molecule has 0 heterocycles. The molecule has 0 aromatic rings. The van der Waals surface area contributed by atoms with Gasteiger partial charge in [-0.3, -0.25) is 4.79 Å². The molecule has 0 aromatic carbocycles. The number of carbonyl (C=O) groups excluding carboxylic acids is 2. The van der Waals surface area contributed by atoms with E-state index in [1.54, 1.807) is 0 Å². The lowest BCUT2D eigenvalue weighted by molar-refractivity contribution is -0.153. The summed E-state index contributed by atoms with van der Waals surface area (Å²) >= 11 is 0. The summed E-state index contributed by atoms with van der Waals surface area (Å²) in [5.74, 6) is 0.715. The fourth-order valence-corrected chi connectivity index (χ4v) is 7.64. The highest BCUT2D eigenvalue weighted by molar-refractivity contribution is 6.78. The smallest absolute Gasteiger partial charge is 0.152 e. The number of fused-ring (bicyclic) bond motifs is 1. The first kappa shape index (κ1) is 16.7. The SMILES string of the molecule is C=C[C@H]([C@]1(C=O)CC[C@@H]2CCCC[C@@]2(C)C1=O)[Si](C)(C)C. The molecule has 21 heavy (non-hydrogen) atoms. The lowest BCUT2D eigenvalue weighted by atomic mass is 9.52. The second-order valence-electron chi connectivity index (χ2n) is 8.47. The van der Waals surface area contributed by atoms with Crippen LogP contribution in [0.25, 0.3) is 0 Å². The Morgan fingerprint density at radius 1 is 1.24 bits per heavy atom. The molecule has 0 amide bonds. The average Bonchev–Trinajstić information content (AvgIpc) is 2.42. The topological polar surface area (TPSA) is 34.1 Å². The second-order valence-corrected chi connectivity index (χ2v) is 13.8. The van der Waals surface area contributed by atoms with Gasteiger partial charge in [0.2, 0.25) is 0 Å². The lowest BCUT2D eigenvalue weighted by Gasteiger charge is -2.53. The zero-order chi connectivity index (χ0) is 15.9. The minimum Gasteiger partial charge on any atom is -0.302 e. The van der Waals surface area contributed by atoms with E-state index in [4.69, 9.17) is 0 Å². The van der Waals surface area contributed by atoms with Crippen molar-refractivity contribution in [3.63, 3.8) is 0 Å². The summed E-state index contributed by atoms with van der Waals surface area (Å²) in [6.45, 7) is 12.8. The number of ketones is 1. The molecular formula is C18H30O2Si. The Morgan fingerprint density at radius 3 is 2.43 bits per heavy atom. The summed E-state index contributed by atoms with van der Waals surface area (Å²) in [6, 6.07) is 0. The number of Topliss-reactive ketones (excluding diaryl/α,β-unsaturated/α-hetero) is 1. The average molecular weight is 307 g/mol. The number of hydrogen-bond donors (Lipinski definition) is 0. The molecule has 2 saturated carbocycles. The van der Waals surface area contributed by atoms with Gasteiger partial charge in [-0.15, -0.1) is 6.58 Å². The normalized spacial score (nSPS) is 38.5. The highest BCUT2D eigenvalue weighted by Crippen LogP contribution is 2.58. The Kier molecular flexibility index (Phi) is 4.36. The van der Waals surface area contributed by atoms with Gasteiger partial charge < -0.3 is 4.79 Å². The van der Waals surface area contributed by atoms with E-state index in [0.29, 0.717) is 5.92 Å². The number of allylic oxidation sites excluding steroid dienone is 1. The minimum absolute atomic E-state index is 0.0506. The van der Waals surface area contributed by atoms with Gasteiger partial charge in [0, 0.05) is 5.41 Å². The van der Waals surface area contributed by atoms with Crippen LogP contribution in [-0.2, 0) is 9.59 Å². The predicted molar refractivity (Wildman–Crippen MR) is 90.1 cm³/mol. The largest absolute Gasteiger partial charge is 0.302 e. The molecule has 2 aliphatic carbocycles. The molecule has 0 N–H and O–H groups in total. The zero-order valence-electron chi connectivity index (χ0n) is 14.1. The number of hydrogen-bond acceptors (Lipinski definition) is 2. The molecule has 2 nitrogen and oxygen atoms in total. The molecule has 4 atom stereocenters. The number of aldehydes is 1. The van der Waals surface area contributed by atoms with E-state index < -0.39 is 13.5 Å². The highest BCUT2D eigenvalue weighted by Gasteiger charge is 2.59. The molecule has 2 fully saturated rings. The summed E-state index contributed by atoms with van der Waals surface area (Å²) in [5, 5.41) is 0. The van der Waals surface area contributed by atoms with Crippen LogP contribution >= 0.6 is 0 Å². The van der Waals surface area contributed by atoms with Crippen LogP contribution in [0, 0.1) is 16.7 Å². The van der Waals surface area contributed by atoms with Crippen molar-refractivity contribution in [2.24, 2.45) is 16.7 Å². The Hall–Kier alpha value is -0.703. The summed E-state index contributed by atoms with van der Waals surface area (Å²) in [5.41, 5.74) is -1.03. The van der Waals surface area contributed by atoms with Gasteiger partial charge in [0.25, 0.3) is 0 Å². The van der Waals surface area contributed by atoms with Gasteiger partial charge in [-0.2, -0.15) is 0 Å². The molecule has 0 radical (unpaired) electrons. The number of rotatable bonds is 4. The predicted octanol–water partition coefficient (Wildman–Crippen LogP) is 4.63. The van der Waals surface area contributed by atoms with Crippen molar-refractivity contribution in [1.29, 1.82) is 0 Å². The van der Waals surface area contributed by atoms with Crippen LogP contribution in [0.4, 0.5) is 0 Å². The first-order valence-electron chi connectivity index (χ1n) is 8.36. The Bertz CT molecular complexity index is 451. The van der Waals surface area contributed by atoms with Crippen molar-refractivity contribution < 1.29 is 9.59 Å². The molecule has 0 unspecified atom stereocenters. The Morgan fingerprint density at radius 2 is 1.90 bits per heavy atom. The van der Waals surface area contributed by atoms with Crippen molar-refractivity contribution in [2.45, 2.75) is 70.6 Å². The van der Waals surface area contributed by atoms with E-state index >= 15 is 0 Å². The molecule has 2 aliphatic rings. The van der Waals surface area contributed by atoms with Crippen LogP contribution in [0.2, 0.25) is 25.2 Å². The van der Waals surface area contributed by atoms with Gasteiger partial charge in [0.15, 0.2) is 5.78 Å². The summed E-state index contributed by atoms with van der Waals surface area (Å²) in [4.78, 5) is 25.5. The molecule has 0 spiro atoms. The van der Waals surface area contributed by atoms with Crippen LogP contribution in [0.5, 0.6) is 0 Å². The lowest BCUT2D eigenvalue weighted by Crippen LogP contribution is -2.57. The van der Waals surface area contributed by atoms with E-state index in [2.05, 4.69) is 33.1 Å². The van der Waals surface area contributed by atoms with Crippen molar-refractivity contribution in [3.05, 3.63) is 12.7 Å². The maximum Gasteiger partial charge on any atom is 0.152 e. The Balaban J connectivity index is 2.47.